The molecule has 2 aromatic rings. The molecule has 0 aliphatic heterocycles. The Labute approximate surface area is 137 Å². The Bertz CT molecular complexity index is 768. The molecule has 2 rings (SSSR count). The molecule has 0 radical (unpaired) electrons. The molecule has 0 saturated carbocycles. The zero-order chi connectivity index (χ0) is 14.9. The Morgan fingerprint density at radius 3 is 2.60 bits per heavy atom. The highest BCUT2D eigenvalue weighted by molar-refractivity contribution is 14.1. The van der Waals surface area contributed by atoms with E-state index in [9.17, 15) is 12.8 Å². The third kappa shape index (κ3) is 3.41. The highest BCUT2D eigenvalue weighted by Gasteiger charge is 2.22. The van der Waals surface area contributed by atoms with Gasteiger partial charge in [-0.3, -0.25) is 4.72 Å². The fourth-order valence-corrected chi connectivity index (χ4v) is 3.88. The lowest BCUT2D eigenvalue weighted by Crippen LogP contribution is -2.15. The average molecular weight is 471 g/mol. The Kier molecular flexibility index (Phi) is 4.55. The van der Waals surface area contributed by atoms with Crippen LogP contribution >= 0.6 is 38.5 Å². The van der Waals surface area contributed by atoms with Crippen LogP contribution in [0, 0.1) is 9.39 Å². The maximum absolute atomic E-state index is 13.9. The summed E-state index contributed by atoms with van der Waals surface area (Å²) in [6.07, 6.45) is 0. The smallest absolute Gasteiger partial charge is 0.264 e. The molecule has 20 heavy (non-hydrogen) atoms. The van der Waals surface area contributed by atoms with Crippen molar-refractivity contribution in [2.24, 2.45) is 0 Å². The number of benzene rings is 2. The van der Waals surface area contributed by atoms with Crippen molar-refractivity contribution in [1.29, 1.82) is 0 Å². The maximum atomic E-state index is 13.9. The van der Waals surface area contributed by atoms with Gasteiger partial charge in [-0.1, -0.05) is 6.07 Å². The van der Waals surface area contributed by atoms with Gasteiger partial charge in [0.15, 0.2) is 5.82 Å². The summed E-state index contributed by atoms with van der Waals surface area (Å²) in [5.74, 6) is -0.877. The second kappa shape index (κ2) is 5.86. The van der Waals surface area contributed by atoms with Crippen molar-refractivity contribution in [3.05, 3.63) is 50.3 Å². The number of rotatable bonds is 3. The van der Waals surface area contributed by atoms with Gasteiger partial charge in [-0.15, -0.1) is 0 Å². The minimum atomic E-state index is -4.04. The van der Waals surface area contributed by atoms with Gasteiger partial charge >= 0.3 is 0 Å². The summed E-state index contributed by atoms with van der Waals surface area (Å²) in [5.41, 5.74) is 6.06. The standard InChI is InChI=1S/C12H9BrFIN2O2S/c13-10-5-8(16)6-11(12(10)14)20(18,19)17-9-3-1-2-7(15)4-9/h1-6,17H,16H2. The number of nitrogens with two attached hydrogens (primary N) is 1. The summed E-state index contributed by atoms with van der Waals surface area (Å²) >= 11 is 4.99. The molecular formula is C12H9BrFIN2O2S. The second-order valence-electron chi connectivity index (χ2n) is 3.93. The monoisotopic (exact) mass is 470 g/mol. The predicted octanol–water partition coefficient (Wildman–Crippen LogP) is 3.58. The van der Waals surface area contributed by atoms with Gasteiger partial charge in [0.05, 0.1) is 4.47 Å². The van der Waals surface area contributed by atoms with Crippen LogP contribution in [0.15, 0.2) is 45.8 Å². The number of nitrogens with one attached hydrogen (secondary N) is 1. The summed E-state index contributed by atoms with van der Waals surface area (Å²) in [7, 11) is -4.04. The van der Waals surface area contributed by atoms with E-state index in [0.717, 1.165) is 9.64 Å². The fraction of sp³-hybridized carbons (Fsp3) is 0. The molecule has 0 fully saturated rings. The Morgan fingerprint density at radius 2 is 1.95 bits per heavy atom. The molecule has 0 unspecified atom stereocenters. The van der Waals surface area contributed by atoms with Gasteiger partial charge < -0.3 is 5.73 Å². The first-order chi connectivity index (χ1) is 9.29. The number of halogens is 3. The third-order valence-electron chi connectivity index (χ3n) is 2.38. The summed E-state index contributed by atoms with van der Waals surface area (Å²) in [5, 5.41) is 0. The predicted molar refractivity (Wildman–Crippen MR) is 88.5 cm³/mol. The van der Waals surface area contributed by atoms with Crippen molar-refractivity contribution in [3.8, 4) is 0 Å². The average Bonchev–Trinajstić information content (AvgIpc) is 2.33. The van der Waals surface area contributed by atoms with Crippen LogP contribution in [0.4, 0.5) is 15.8 Å². The molecule has 0 spiro atoms. The first-order valence-corrected chi connectivity index (χ1v) is 8.68. The van der Waals surface area contributed by atoms with Crippen molar-refractivity contribution in [3.63, 3.8) is 0 Å². The SMILES string of the molecule is Nc1cc(Br)c(F)c(S(=O)(=O)Nc2cccc(I)c2)c1. The van der Waals surface area contributed by atoms with E-state index in [1.54, 1.807) is 18.2 Å². The van der Waals surface area contributed by atoms with Crippen LogP contribution in [-0.2, 0) is 10.0 Å². The van der Waals surface area contributed by atoms with Crippen LogP contribution in [-0.4, -0.2) is 8.42 Å². The number of anilines is 2. The summed E-state index contributed by atoms with van der Waals surface area (Å²) in [6, 6.07) is 9.12. The molecule has 8 heteroatoms. The number of hydrogen-bond acceptors (Lipinski definition) is 3. The summed E-state index contributed by atoms with van der Waals surface area (Å²) in [4.78, 5) is -0.497. The lowest BCUT2D eigenvalue weighted by molar-refractivity contribution is 0.567. The van der Waals surface area contributed by atoms with Gasteiger partial charge in [0.2, 0.25) is 0 Å². The van der Waals surface area contributed by atoms with Gasteiger partial charge in [-0.25, -0.2) is 12.8 Å². The zero-order valence-corrected chi connectivity index (χ0v) is 14.5. The van der Waals surface area contributed by atoms with Crippen LogP contribution in [0.2, 0.25) is 0 Å². The van der Waals surface area contributed by atoms with Gasteiger partial charge in [0, 0.05) is 14.9 Å². The first kappa shape index (κ1) is 15.5. The highest BCUT2D eigenvalue weighted by Crippen LogP contribution is 2.27. The Hall–Kier alpha value is -0.870. The summed E-state index contributed by atoms with van der Waals surface area (Å²) < 4.78 is 41.5. The topological polar surface area (TPSA) is 72.2 Å². The van der Waals surface area contributed by atoms with Crippen molar-refractivity contribution in [1.82, 2.24) is 0 Å². The van der Waals surface area contributed by atoms with Gasteiger partial charge in [-0.05, 0) is 68.9 Å². The van der Waals surface area contributed by atoms with Crippen molar-refractivity contribution in [2.45, 2.75) is 4.90 Å². The van der Waals surface area contributed by atoms with E-state index in [1.165, 1.54) is 6.07 Å². The van der Waals surface area contributed by atoms with Crippen molar-refractivity contribution >= 4 is 59.9 Å². The van der Waals surface area contributed by atoms with Crippen LogP contribution in [0.25, 0.3) is 0 Å². The van der Waals surface area contributed by atoms with E-state index >= 15 is 0 Å². The molecule has 3 N–H and O–H groups in total. The Morgan fingerprint density at radius 1 is 1.25 bits per heavy atom. The quantitative estimate of drug-likeness (QED) is 0.532. The van der Waals surface area contributed by atoms with E-state index < -0.39 is 20.7 Å². The van der Waals surface area contributed by atoms with Gasteiger partial charge in [0.25, 0.3) is 10.0 Å². The van der Waals surface area contributed by atoms with E-state index in [1.807, 2.05) is 6.07 Å². The largest absolute Gasteiger partial charge is 0.399 e. The molecule has 0 aliphatic carbocycles. The van der Waals surface area contributed by atoms with E-state index in [-0.39, 0.29) is 10.2 Å². The van der Waals surface area contributed by atoms with E-state index in [0.29, 0.717) is 5.69 Å². The number of sulfonamides is 1. The molecule has 0 saturated heterocycles. The van der Waals surface area contributed by atoms with Crippen LogP contribution in [0.5, 0.6) is 0 Å². The normalized spacial score (nSPS) is 11.3. The molecule has 106 valence electrons. The third-order valence-corrected chi connectivity index (χ3v) is 5.01. The molecule has 4 nitrogen and oxygen atoms in total. The molecule has 0 bridgehead atoms. The van der Waals surface area contributed by atoms with E-state index in [4.69, 9.17) is 5.73 Å². The first-order valence-electron chi connectivity index (χ1n) is 5.32. The molecule has 0 amide bonds. The van der Waals surface area contributed by atoms with E-state index in [2.05, 4.69) is 43.2 Å². The van der Waals surface area contributed by atoms with Crippen LogP contribution < -0.4 is 10.5 Å². The number of hydrogen-bond donors (Lipinski definition) is 2. The van der Waals surface area contributed by atoms with Gasteiger partial charge in [0.1, 0.15) is 4.90 Å². The molecular weight excluding hydrogens is 462 g/mol. The van der Waals surface area contributed by atoms with Crippen LogP contribution in [0.3, 0.4) is 0 Å². The van der Waals surface area contributed by atoms with Crippen LogP contribution in [0.1, 0.15) is 0 Å². The fourth-order valence-electron chi connectivity index (χ4n) is 1.54. The summed E-state index contributed by atoms with van der Waals surface area (Å²) in [6.45, 7) is 0. The molecule has 0 heterocycles. The zero-order valence-electron chi connectivity index (χ0n) is 9.90. The maximum Gasteiger partial charge on any atom is 0.264 e. The Balaban J connectivity index is 2.46. The van der Waals surface area contributed by atoms with Crippen molar-refractivity contribution < 1.29 is 12.8 Å². The molecule has 2 aromatic carbocycles. The highest BCUT2D eigenvalue weighted by atomic mass is 127. The second-order valence-corrected chi connectivity index (χ2v) is 7.68. The van der Waals surface area contributed by atoms with Crippen molar-refractivity contribution in [2.75, 3.05) is 10.5 Å². The van der Waals surface area contributed by atoms with Gasteiger partial charge in [-0.2, -0.15) is 0 Å². The lowest BCUT2D eigenvalue weighted by atomic mass is 10.3. The molecule has 0 aliphatic rings. The minimum Gasteiger partial charge on any atom is -0.399 e. The molecule has 0 aromatic heterocycles. The lowest BCUT2D eigenvalue weighted by Gasteiger charge is -2.10. The molecule has 0 atom stereocenters. The minimum absolute atomic E-state index is 0.000479. The number of nitrogen functional groups attached to an aromatic ring is 1.